The number of amides is 1. The van der Waals surface area contributed by atoms with Gasteiger partial charge >= 0.3 is 5.97 Å². The lowest BCUT2D eigenvalue weighted by atomic mass is 9.75. The number of cyclic esters (lactones) is 1. The molecule has 16 heteroatoms. The summed E-state index contributed by atoms with van der Waals surface area (Å²) in [6.07, 6.45) is -3.43. The molecule has 3 aliphatic rings. The number of nitrogens with zero attached hydrogens (tertiary/aromatic N) is 2. The SMILES string of the molecule is CC[C@H]1OC(=O)[C@H](C)[C@@H](O[C@H]2C[C@@](C)(OC)[C@@H](O)[C@H](C)O2)[C@H](C)[C@@H](O[C@@H]2O[C@H](C)C[C@H](N(C)C)[C@H]2O)[C@](C)(O)C[C@@H](C)CN(C(=O)CCCCCCC[P+](c2cc(C)cc(C)c2)(c2cc(C)cc(C)c2)c2cc(C)cc(C)c2)[C@H](C)[C@@H](O)[C@]1(C)CO. The molecule has 3 aromatic carbocycles. The fraction of sp³-hybridized carbons (Fsp3) is 0.714. The Hall–Kier alpha value is -3.41. The van der Waals surface area contributed by atoms with Crippen molar-refractivity contribution in [1.29, 1.82) is 0 Å². The monoisotopic (exact) mass is 1220 g/mol. The van der Waals surface area contributed by atoms with Crippen molar-refractivity contribution in [3.8, 4) is 0 Å². The van der Waals surface area contributed by atoms with E-state index in [4.69, 9.17) is 28.4 Å². The molecule has 3 fully saturated rings. The van der Waals surface area contributed by atoms with Crippen molar-refractivity contribution in [3.05, 3.63) is 88.0 Å². The van der Waals surface area contributed by atoms with Gasteiger partial charge in [-0.05, 0) is 211 Å². The van der Waals surface area contributed by atoms with E-state index in [1.165, 1.54) is 56.4 Å². The Morgan fingerprint density at radius 2 is 1.24 bits per heavy atom. The van der Waals surface area contributed by atoms with Crippen molar-refractivity contribution in [2.24, 2.45) is 23.2 Å². The Labute approximate surface area is 517 Å². The summed E-state index contributed by atoms with van der Waals surface area (Å²) in [6.45, 7) is 30.6. The maximum atomic E-state index is 15.0. The van der Waals surface area contributed by atoms with Crippen molar-refractivity contribution in [2.75, 3.05) is 40.5 Å². The zero-order chi connectivity index (χ0) is 64.0. The molecule has 15 nitrogen and oxygen atoms in total. The van der Waals surface area contributed by atoms with Crippen LogP contribution in [0.3, 0.4) is 0 Å². The number of rotatable bonds is 19. The highest BCUT2D eigenvalue weighted by Gasteiger charge is 2.54. The molecule has 3 heterocycles. The number of aliphatic hydroxyl groups excluding tert-OH is 4. The van der Waals surface area contributed by atoms with Gasteiger partial charge in [0.2, 0.25) is 5.91 Å². The second-order valence-electron chi connectivity index (χ2n) is 27.8. The molecule has 3 aromatic rings. The third-order valence-corrected chi connectivity index (χ3v) is 24.0. The Balaban J connectivity index is 1.30. The van der Waals surface area contributed by atoms with Crippen LogP contribution in [0.25, 0.3) is 0 Å². The van der Waals surface area contributed by atoms with Gasteiger partial charge in [-0.3, -0.25) is 9.59 Å². The first kappa shape index (κ1) is 71.7. The van der Waals surface area contributed by atoms with Crippen LogP contribution >= 0.6 is 7.26 Å². The highest BCUT2D eigenvalue weighted by Crippen LogP contribution is 2.57. The van der Waals surface area contributed by atoms with Gasteiger partial charge in [0.05, 0.1) is 71.9 Å². The maximum absolute atomic E-state index is 15.0. The van der Waals surface area contributed by atoms with Gasteiger partial charge in [-0.2, -0.15) is 0 Å². The number of carbonyl (C=O) groups excluding carboxylic acids is 2. The molecule has 5 N–H and O–H groups in total. The zero-order valence-corrected chi connectivity index (χ0v) is 56.8. The number of ether oxygens (including phenoxy) is 6. The van der Waals surface area contributed by atoms with E-state index < -0.39 is 116 Å². The van der Waals surface area contributed by atoms with Crippen LogP contribution in [0.4, 0.5) is 0 Å². The summed E-state index contributed by atoms with van der Waals surface area (Å²) in [4.78, 5) is 33.6. The lowest BCUT2D eigenvalue weighted by Gasteiger charge is -2.48. The van der Waals surface area contributed by atoms with Gasteiger partial charge in [0.1, 0.15) is 41.5 Å². The fourth-order valence-electron chi connectivity index (χ4n) is 14.8. The Morgan fingerprint density at radius 3 is 1.73 bits per heavy atom. The highest BCUT2D eigenvalue weighted by atomic mass is 31.2. The number of unbranched alkanes of at least 4 members (excludes halogenated alkanes) is 4. The number of aliphatic hydroxyl groups is 5. The number of aryl methyl sites for hydroxylation is 6. The van der Waals surface area contributed by atoms with E-state index in [1.807, 2.05) is 46.7 Å². The van der Waals surface area contributed by atoms with E-state index in [9.17, 15) is 30.3 Å². The molecule has 0 aliphatic carbocycles. The van der Waals surface area contributed by atoms with Gasteiger partial charge < -0.3 is 63.8 Å². The molecule has 3 aliphatic heterocycles. The molecule has 86 heavy (non-hydrogen) atoms. The molecule has 0 radical (unpaired) electrons. The molecule has 18 atom stereocenters. The van der Waals surface area contributed by atoms with Gasteiger partial charge in [0, 0.05) is 38.5 Å². The molecule has 0 aromatic heterocycles. The van der Waals surface area contributed by atoms with E-state index in [2.05, 4.69) is 96.1 Å². The van der Waals surface area contributed by atoms with Crippen molar-refractivity contribution in [3.63, 3.8) is 0 Å². The molecule has 0 spiro atoms. The van der Waals surface area contributed by atoms with Crippen LogP contribution in [-0.4, -0.2) is 172 Å². The first-order valence-electron chi connectivity index (χ1n) is 32.1. The van der Waals surface area contributed by atoms with E-state index in [1.54, 1.807) is 46.4 Å². The molecule has 0 bridgehead atoms. The Bertz CT molecular complexity index is 2520. The highest BCUT2D eigenvalue weighted by molar-refractivity contribution is 7.95. The van der Waals surface area contributed by atoms with Gasteiger partial charge in [-0.1, -0.05) is 58.7 Å². The third kappa shape index (κ3) is 16.6. The molecule has 484 valence electrons. The predicted molar refractivity (Wildman–Crippen MR) is 344 cm³/mol. The lowest BCUT2D eigenvalue weighted by Crippen LogP contribution is -2.60. The molecular weight excluding hydrogens is 1110 g/mol. The molecular formula is C70H112N2O13P+. The Morgan fingerprint density at radius 1 is 0.733 bits per heavy atom. The fourth-order valence-corrected chi connectivity index (χ4v) is 19.7. The predicted octanol–water partition coefficient (Wildman–Crippen LogP) is 9.23. The van der Waals surface area contributed by atoms with Crippen LogP contribution in [0, 0.1) is 64.7 Å². The smallest absolute Gasteiger partial charge is 0.311 e. The largest absolute Gasteiger partial charge is 0.461 e. The van der Waals surface area contributed by atoms with Crippen LogP contribution in [0.15, 0.2) is 54.6 Å². The van der Waals surface area contributed by atoms with Crippen LogP contribution in [0.5, 0.6) is 0 Å². The first-order valence-corrected chi connectivity index (χ1v) is 34.1. The summed E-state index contributed by atoms with van der Waals surface area (Å²) in [7, 11) is 3.15. The van der Waals surface area contributed by atoms with E-state index >= 15 is 4.79 Å². The number of methoxy groups -OCH3 is 1. The van der Waals surface area contributed by atoms with Crippen molar-refractivity contribution in [1.82, 2.24) is 9.80 Å². The van der Waals surface area contributed by atoms with Crippen molar-refractivity contribution >= 4 is 35.1 Å². The molecule has 3 saturated heterocycles. The van der Waals surface area contributed by atoms with Gasteiger partial charge in [-0.15, -0.1) is 0 Å². The minimum absolute atomic E-state index is 0.0753. The van der Waals surface area contributed by atoms with Gasteiger partial charge in [-0.25, -0.2) is 0 Å². The standard InChI is InChI=1S/C70H112N2O13P/c1-20-58-68(14,41-73)63(76)52(12)72(59(74)26-24-22-21-23-25-27-86(54-31-42(2)28-43(3)32-54,55-33-44(4)29-45(5)34-55)56-35-46(6)30-47(7)36-56)40-48(8)38-69(15,79)65(85-67-61(75)57(71(17)18)37-49(9)81-67)50(10)62(51(11)66(78)83-58)84-60-39-70(16,80-19)64(77)53(13)82-60/h28-36,48-53,57-58,60-65,67,73,75-77,79H,20-27,37-41H2,1-19H3/q+1/t48-,49-,50+,51-,52-,53+,57+,58-,60+,61-,62+,63-,64+,65-,67+,68-,69-,70-/m1/s1. The average molecular weight is 1220 g/mol. The topological polar surface area (TPSA) is 197 Å². The normalized spacial score (nSPS) is 34.6. The summed E-state index contributed by atoms with van der Waals surface area (Å²) < 4.78 is 38.8. The third-order valence-electron chi connectivity index (χ3n) is 19.6. The number of likely N-dealkylation sites (N-methyl/N-ethyl adjacent to an activating group) is 1. The second-order valence-corrected chi connectivity index (χ2v) is 31.4. The Kier molecular flexibility index (Phi) is 25.1. The average Bonchev–Trinajstić information content (AvgIpc) is 1.10. The number of carbonyl (C=O) groups is 2. The summed E-state index contributed by atoms with van der Waals surface area (Å²) in [5, 5.41) is 64.5. The minimum Gasteiger partial charge on any atom is -0.461 e. The van der Waals surface area contributed by atoms with Crippen LogP contribution in [-0.2, 0) is 38.0 Å². The van der Waals surface area contributed by atoms with Gasteiger partial charge in [0.15, 0.2) is 12.6 Å². The van der Waals surface area contributed by atoms with E-state index in [0.29, 0.717) is 12.8 Å². The number of esters is 1. The van der Waals surface area contributed by atoms with Crippen molar-refractivity contribution in [2.45, 2.75) is 260 Å². The molecule has 0 unspecified atom stereocenters. The van der Waals surface area contributed by atoms with Crippen LogP contribution < -0.4 is 15.9 Å². The minimum atomic E-state index is -2.13. The summed E-state index contributed by atoms with van der Waals surface area (Å²) in [5.74, 6) is -3.17. The molecule has 0 saturated carbocycles. The van der Waals surface area contributed by atoms with E-state index in [-0.39, 0.29) is 50.3 Å². The second kappa shape index (κ2) is 30.1. The maximum Gasteiger partial charge on any atom is 0.311 e. The number of hydrogen-bond acceptors (Lipinski definition) is 14. The first-order chi connectivity index (χ1) is 40.2. The summed E-state index contributed by atoms with van der Waals surface area (Å²) in [6, 6.07) is 20.1. The molecule has 1 amide bonds. The van der Waals surface area contributed by atoms with Crippen LogP contribution in [0.2, 0.25) is 0 Å². The van der Waals surface area contributed by atoms with Gasteiger partial charge in [0.25, 0.3) is 0 Å². The number of benzene rings is 3. The number of hydrogen-bond donors (Lipinski definition) is 5. The van der Waals surface area contributed by atoms with Crippen molar-refractivity contribution < 1.29 is 63.5 Å². The summed E-state index contributed by atoms with van der Waals surface area (Å²) in [5.41, 5.74) is 3.34. The lowest BCUT2D eigenvalue weighted by molar-refractivity contribution is -0.318. The van der Waals surface area contributed by atoms with E-state index in [0.717, 1.165) is 31.8 Å². The quantitative estimate of drug-likeness (QED) is 0.0433. The molecule has 6 rings (SSSR count). The zero-order valence-electron chi connectivity index (χ0n) is 55.9. The summed E-state index contributed by atoms with van der Waals surface area (Å²) >= 11 is 0. The van der Waals surface area contributed by atoms with Crippen LogP contribution in [0.1, 0.15) is 167 Å².